The van der Waals surface area contributed by atoms with Crippen LogP contribution in [-0.2, 0) is 11.3 Å². The first kappa shape index (κ1) is 16.4. The maximum absolute atomic E-state index is 5.06. The first-order chi connectivity index (χ1) is 9.13. The quantitative estimate of drug-likeness (QED) is 0.708. The zero-order valence-corrected chi connectivity index (χ0v) is 13.6. The van der Waals surface area contributed by atoms with Crippen molar-refractivity contribution in [3.05, 3.63) is 10.6 Å². The average Bonchev–Trinajstić information content (AvgIpc) is 2.86. The third-order valence-electron chi connectivity index (χ3n) is 3.36. The summed E-state index contributed by atoms with van der Waals surface area (Å²) in [5, 5.41) is 4.55. The van der Waals surface area contributed by atoms with E-state index in [0.29, 0.717) is 5.92 Å². The van der Waals surface area contributed by atoms with Gasteiger partial charge in [-0.05, 0) is 19.3 Å². The topological polar surface area (TPSA) is 37.4 Å². The second-order valence-electron chi connectivity index (χ2n) is 4.80. The monoisotopic (exact) mass is 285 g/mol. The summed E-state index contributed by atoms with van der Waals surface area (Å²) in [6.45, 7) is 10.1. The molecule has 0 fully saturated rings. The van der Waals surface area contributed by atoms with Gasteiger partial charge in [-0.3, -0.25) is 0 Å². The van der Waals surface area contributed by atoms with Crippen LogP contribution in [0.5, 0.6) is 0 Å². The molecule has 4 nitrogen and oxygen atoms in total. The first-order valence-electron chi connectivity index (χ1n) is 7.04. The van der Waals surface area contributed by atoms with Crippen LogP contribution >= 0.6 is 11.3 Å². The highest BCUT2D eigenvalue weighted by molar-refractivity contribution is 7.15. The number of hydrogen-bond acceptors (Lipinski definition) is 5. The molecule has 0 aliphatic carbocycles. The molecule has 0 aliphatic rings. The van der Waals surface area contributed by atoms with Crippen LogP contribution in [0.4, 0.5) is 5.13 Å². The van der Waals surface area contributed by atoms with Gasteiger partial charge in [0, 0.05) is 38.7 Å². The van der Waals surface area contributed by atoms with Gasteiger partial charge in [-0.1, -0.05) is 13.8 Å². The van der Waals surface area contributed by atoms with E-state index in [0.717, 1.165) is 37.8 Å². The van der Waals surface area contributed by atoms with Gasteiger partial charge < -0.3 is 15.0 Å². The van der Waals surface area contributed by atoms with Crippen molar-refractivity contribution < 1.29 is 4.74 Å². The number of thiazole rings is 1. The van der Waals surface area contributed by atoms with Crippen LogP contribution in [-0.4, -0.2) is 38.8 Å². The van der Waals surface area contributed by atoms with E-state index in [4.69, 9.17) is 9.72 Å². The Morgan fingerprint density at radius 2 is 2.16 bits per heavy atom. The van der Waals surface area contributed by atoms with Crippen LogP contribution in [0.2, 0.25) is 0 Å². The molecule has 0 radical (unpaired) electrons. The number of aromatic nitrogens is 1. The molecule has 1 heterocycles. The van der Waals surface area contributed by atoms with E-state index < -0.39 is 0 Å². The van der Waals surface area contributed by atoms with Crippen molar-refractivity contribution in [2.75, 3.05) is 38.8 Å². The molecule has 1 unspecified atom stereocenters. The van der Waals surface area contributed by atoms with Gasteiger partial charge in [-0.15, -0.1) is 11.3 Å². The van der Waals surface area contributed by atoms with Gasteiger partial charge in [0.15, 0.2) is 5.13 Å². The maximum Gasteiger partial charge on any atom is 0.185 e. The van der Waals surface area contributed by atoms with Crippen molar-refractivity contribution in [3.8, 4) is 0 Å². The number of ether oxygens (including phenoxy) is 1. The molecular weight excluding hydrogens is 258 g/mol. The molecule has 0 amide bonds. The molecule has 0 aliphatic heterocycles. The van der Waals surface area contributed by atoms with Crippen LogP contribution in [0, 0.1) is 0 Å². The minimum absolute atomic E-state index is 0.523. The highest BCUT2D eigenvalue weighted by Crippen LogP contribution is 2.31. The SMILES string of the molecule is CCC(C)c1nc(N(C)CC)sc1CNCCOC. The molecule has 0 spiro atoms. The Balaban J connectivity index is 2.77. The van der Waals surface area contributed by atoms with Gasteiger partial charge in [-0.2, -0.15) is 0 Å². The Hall–Kier alpha value is -0.650. The molecule has 19 heavy (non-hydrogen) atoms. The summed E-state index contributed by atoms with van der Waals surface area (Å²) >= 11 is 1.81. The van der Waals surface area contributed by atoms with E-state index >= 15 is 0 Å². The third kappa shape index (κ3) is 4.75. The fourth-order valence-electron chi connectivity index (χ4n) is 1.73. The number of nitrogens with zero attached hydrogens (tertiary/aromatic N) is 2. The number of anilines is 1. The number of methoxy groups -OCH3 is 1. The van der Waals surface area contributed by atoms with Crippen LogP contribution < -0.4 is 10.2 Å². The number of hydrogen-bond donors (Lipinski definition) is 1. The van der Waals surface area contributed by atoms with Gasteiger partial charge in [0.25, 0.3) is 0 Å². The molecule has 1 rings (SSSR count). The molecule has 110 valence electrons. The lowest BCUT2D eigenvalue weighted by atomic mass is 10.0. The summed E-state index contributed by atoms with van der Waals surface area (Å²) in [4.78, 5) is 8.39. The summed E-state index contributed by atoms with van der Waals surface area (Å²) in [6, 6.07) is 0. The number of nitrogens with one attached hydrogen (secondary N) is 1. The first-order valence-corrected chi connectivity index (χ1v) is 7.86. The molecule has 0 bridgehead atoms. The lowest BCUT2D eigenvalue weighted by Gasteiger charge is -2.11. The van der Waals surface area contributed by atoms with Crippen molar-refractivity contribution in [1.29, 1.82) is 0 Å². The summed E-state index contributed by atoms with van der Waals surface area (Å²) in [5.41, 5.74) is 1.26. The van der Waals surface area contributed by atoms with Crippen molar-refractivity contribution in [1.82, 2.24) is 10.3 Å². The molecule has 0 saturated carbocycles. The molecule has 0 aromatic carbocycles. The molecule has 1 aromatic rings. The largest absolute Gasteiger partial charge is 0.383 e. The summed E-state index contributed by atoms with van der Waals surface area (Å²) in [7, 11) is 3.83. The Kier molecular flexibility index (Phi) is 7.34. The summed E-state index contributed by atoms with van der Waals surface area (Å²) < 4.78 is 5.06. The van der Waals surface area contributed by atoms with E-state index in [1.807, 2.05) is 0 Å². The van der Waals surface area contributed by atoms with Gasteiger partial charge in [0.1, 0.15) is 0 Å². The van der Waals surface area contributed by atoms with E-state index in [2.05, 4.69) is 38.0 Å². The second-order valence-corrected chi connectivity index (χ2v) is 5.86. The maximum atomic E-state index is 5.06. The normalized spacial score (nSPS) is 12.7. The van der Waals surface area contributed by atoms with Crippen LogP contribution in [0.1, 0.15) is 43.7 Å². The minimum Gasteiger partial charge on any atom is -0.383 e. The fourth-order valence-corrected chi connectivity index (χ4v) is 2.91. The van der Waals surface area contributed by atoms with E-state index in [9.17, 15) is 0 Å². The summed E-state index contributed by atoms with van der Waals surface area (Å²) in [6.07, 6.45) is 1.13. The number of rotatable bonds is 9. The van der Waals surface area contributed by atoms with Gasteiger partial charge in [0.2, 0.25) is 0 Å². The molecular formula is C14H27N3OS. The van der Waals surface area contributed by atoms with Crippen molar-refractivity contribution in [2.45, 2.75) is 39.7 Å². The van der Waals surface area contributed by atoms with Crippen molar-refractivity contribution >= 4 is 16.5 Å². The standard InChI is InChI=1S/C14H27N3OS/c1-6-11(3)13-12(10-15-8-9-18-5)19-14(16-13)17(4)7-2/h11,15H,6-10H2,1-5H3. The van der Waals surface area contributed by atoms with Gasteiger partial charge in [0.05, 0.1) is 12.3 Å². The van der Waals surface area contributed by atoms with Crippen LogP contribution in [0.25, 0.3) is 0 Å². The minimum atomic E-state index is 0.523. The fraction of sp³-hybridized carbons (Fsp3) is 0.786. The lowest BCUT2D eigenvalue weighted by Crippen LogP contribution is -2.18. The second kappa shape index (κ2) is 8.51. The molecule has 1 atom stereocenters. The lowest BCUT2D eigenvalue weighted by molar-refractivity contribution is 0.199. The molecule has 0 saturated heterocycles. The summed E-state index contributed by atoms with van der Waals surface area (Å²) in [5.74, 6) is 0.523. The highest BCUT2D eigenvalue weighted by Gasteiger charge is 2.17. The van der Waals surface area contributed by atoms with E-state index in [1.54, 1.807) is 18.4 Å². The van der Waals surface area contributed by atoms with Crippen LogP contribution in [0.3, 0.4) is 0 Å². The Bertz CT molecular complexity index is 368. The average molecular weight is 285 g/mol. The van der Waals surface area contributed by atoms with Crippen molar-refractivity contribution in [3.63, 3.8) is 0 Å². The van der Waals surface area contributed by atoms with Crippen LogP contribution in [0.15, 0.2) is 0 Å². The zero-order valence-electron chi connectivity index (χ0n) is 12.8. The Morgan fingerprint density at radius 1 is 1.42 bits per heavy atom. The van der Waals surface area contributed by atoms with E-state index in [1.165, 1.54) is 10.6 Å². The van der Waals surface area contributed by atoms with E-state index in [-0.39, 0.29) is 0 Å². The Labute approximate surface area is 121 Å². The van der Waals surface area contributed by atoms with Gasteiger partial charge >= 0.3 is 0 Å². The zero-order chi connectivity index (χ0) is 14.3. The predicted molar refractivity (Wildman–Crippen MR) is 83.3 cm³/mol. The van der Waals surface area contributed by atoms with Gasteiger partial charge in [-0.25, -0.2) is 4.98 Å². The molecule has 5 heteroatoms. The Morgan fingerprint density at radius 3 is 2.74 bits per heavy atom. The molecule has 1 N–H and O–H groups in total. The highest BCUT2D eigenvalue weighted by atomic mass is 32.1. The van der Waals surface area contributed by atoms with Crippen molar-refractivity contribution in [2.24, 2.45) is 0 Å². The molecule has 1 aromatic heterocycles. The smallest absolute Gasteiger partial charge is 0.185 e. The predicted octanol–water partition coefficient (Wildman–Crippen LogP) is 2.85. The third-order valence-corrected chi connectivity index (χ3v) is 4.55.